The molecule has 0 saturated carbocycles. The summed E-state index contributed by atoms with van der Waals surface area (Å²) in [5.41, 5.74) is 1.40. The number of halogens is 3. The van der Waals surface area contributed by atoms with Crippen LogP contribution in [-0.2, 0) is 0 Å². The molecule has 2 aromatic rings. The molecule has 0 aliphatic rings. The van der Waals surface area contributed by atoms with Crippen molar-refractivity contribution in [3.8, 4) is 0 Å². The Morgan fingerprint density at radius 3 is 2.35 bits per heavy atom. The van der Waals surface area contributed by atoms with Crippen LogP contribution >= 0.6 is 34.8 Å². The van der Waals surface area contributed by atoms with Gasteiger partial charge in [0.2, 0.25) is 0 Å². The monoisotopic (exact) mass is 327 g/mol. The van der Waals surface area contributed by atoms with Gasteiger partial charge in [0.25, 0.3) is 5.91 Å². The van der Waals surface area contributed by atoms with Crippen molar-refractivity contribution in [1.82, 2.24) is 5.32 Å². The van der Waals surface area contributed by atoms with Crippen molar-refractivity contribution < 1.29 is 4.79 Å². The quantitative estimate of drug-likeness (QED) is 0.810. The lowest BCUT2D eigenvalue weighted by Crippen LogP contribution is -2.29. The van der Waals surface area contributed by atoms with Gasteiger partial charge >= 0.3 is 0 Å². The lowest BCUT2D eigenvalue weighted by atomic mass is 10.1. The fraction of sp³-hybridized carbons (Fsp3) is 0.133. The number of nitrogens with one attached hydrogen (secondary N) is 1. The van der Waals surface area contributed by atoms with E-state index in [4.69, 9.17) is 34.8 Å². The highest BCUT2D eigenvalue weighted by molar-refractivity contribution is 6.42. The standard InChI is InChI=1S/C15H12Cl3NO/c16-9-14(10-4-2-1-3-5-10)19-15(20)11-6-7-12(17)13(18)8-11/h1-8,14H,9H2,(H,19,20). The van der Waals surface area contributed by atoms with Crippen LogP contribution < -0.4 is 5.32 Å². The molecule has 1 N–H and O–H groups in total. The summed E-state index contributed by atoms with van der Waals surface area (Å²) in [7, 11) is 0. The average Bonchev–Trinajstić information content (AvgIpc) is 2.48. The molecule has 2 nitrogen and oxygen atoms in total. The van der Waals surface area contributed by atoms with Gasteiger partial charge in [0, 0.05) is 11.4 Å². The summed E-state index contributed by atoms with van der Waals surface area (Å²) < 4.78 is 0. The van der Waals surface area contributed by atoms with Crippen molar-refractivity contribution in [2.24, 2.45) is 0 Å². The molecule has 2 aromatic carbocycles. The molecule has 104 valence electrons. The van der Waals surface area contributed by atoms with Gasteiger partial charge in [-0.15, -0.1) is 11.6 Å². The van der Waals surface area contributed by atoms with Crippen LogP contribution in [0.3, 0.4) is 0 Å². The molecular weight excluding hydrogens is 317 g/mol. The van der Waals surface area contributed by atoms with Crippen LogP contribution in [0, 0.1) is 0 Å². The van der Waals surface area contributed by atoms with Crippen molar-refractivity contribution in [2.75, 3.05) is 5.88 Å². The van der Waals surface area contributed by atoms with E-state index in [0.717, 1.165) is 5.56 Å². The molecule has 0 radical (unpaired) electrons. The normalized spacial score (nSPS) is 11.9. The van der Waals surface area contributed by atoms with E-state index in [2.05, 4.69) is 5.32 Å². The van der Waals surface area contributed by atoms with E-state index in [9.17, 15) is 4.79 Å². The third-order valence-corrected chi connectivity index (χ3v) is 3.89. The van der Waals surface area contributed by atoms with Crippen LogP contribution in [0.4, 0.5) is 0 Å². The minimum Gasteiger partial charge on any atom is -0.344 e. The van der Waals surface area contributed by atoms with E-state index in [0.29, 0.717) is 15.6 Å². The lowest BCUT2D eigenvalue weighted by Gasteiger charge is -2.16. The first-order valence-electron chi connectivity index (χ1n) is 5.98. The van der Waals surface area contributed by atoms with Crippen LogP contribution in [0.5, 0.6) is 0 Å². The SMILES string of the molecule is O=C(NC(CCl)c1ccccc1)c1ccc(Cl)c(Cl)c1. The largest absolute Gasteiger partial charge is 0.344 e. The highest BCUT2D eigenvalue weighted by Gasteiger charge is 2.15. The number of hydrogen-bond acceptors (Lipinski definition) is 1. The van der Waals surface area contributed by atoms with E-state index in [1.165, 1.54) is 6.07 Å². The van der Waals surface area contributed by atoms with Crippen LogP contribution in [0.15, 0.2) is 48.5 Å². The number of carbonyl (C=O) groups is 1. The zero-order valence-corrected chi connectivity index (χ0v) is 12.7. The third kappa shape index (κ3) is 3.66. The molecule has 2 rings (SSSR count). The molecule has 0 fully saturated rings. The number of alkyl halides is 1. The maximum atomic E-state index is 12.2. The Morgan fingerprint density at radius 1 is 1.05 bits per heavy atom. The zero-order chi connectivity index (χ0) is 14.5. The second kappa shape index (κ2) is 6.98. The van der Waals surface area contributed by atoms with Gasteiger partial charge < -0.3 is 5.32 Å². The molecule has 0 aliphatic carbocycles. The number of hydrogen-bond donors (Lipinski definition) is 1. The van der Waals surface area contributed by atoms with Gasteiger partial charge in [-0.25, -0.2) is 0 Å². The van der Waals surface area contributed by atoms with E-state index in [-0.39, 0.29) is 17.8 Å². The van der Waals surface area contributed by atoms with Gasteiger partial charge in [-0.05, 0) is 23.8 Å². The highest BCUT2D eigenvalue weighted by Crippen LogP contribution is 2.23. The summed E-state index contributed by atoms with van der Waals surface area (Å²) >= 11 is 17.7. The maximum absolute atomic E-state index is 12.2. The third-order valence-electron chi connectivity index (χ3n) is 2.84. The number of carbonyl (C=O) groups excluding carboxylic acids is 1. The van der Waals surface area contributed by atoms with Crippen molar-refractivity contribution >= 4 is 40.7 Å². The maximum Gasteiger partial charge on any atom is 0.251 e. The van der Waals surface area contributed by atoms with E-state index >= 15 is 0 Å². The summed E-state index contributed by atoms with van der Waals surface area (Å²) in [5.74, 6) is 0.0509. The highest BCUT2D eigenvalue weighted by atomic mass is 35.5. The number of rotatable bonds is 4. The molecule has 0 spiro atoms. The summed E-state index contributed by atoms with van der Waals surface area (Å²) in [6.07, 6.45) is 0. The predicted octanol–water partition coefficient (Wildman–Crippen LogP) is 4.70. The smallest absolute Gasteiger partial charge is 0.251 e. The predicted molar refractivity (Wildman–Crippen MR) is 83.8 cm³/mol. The van der Waals surface area contributed by atoms with Crippen LogP contribution in [0.1, 0.15) is 22.0 Å². The lowest BCUT2D eigenvalue weighted by molar-refractivity contribution is 0.0940. The minimum atomic E-state index is -0.250. The fourth-order valence-corrected chi connectivity index (χ4v) is 2.33. The summed E-state index contributed by atoms with van der Waals surface area (Å²) in [5, 5.41) is 3.64. The Balaban J connectivity index is 2.15. The first-order valence-corrected chi connectivity index (χ1v) is 7.27. The van der Waals surface area contributed by atoms with Crippen LogP contribution in [-0.4, -0.2) is 11.8 Å². The van der Waals surface area contributed by atoms with Crippen LogP contribution in [0.2, 0.25) is 10.0 Å². The molecule has 1 unspecified atom stereocenters. The number of benzene rings is 2. The van der Waals surface area contributed by atoms with Crippen molar-refractivity contribution in [3.63, 3.8) is 0 Å². The van der Waals surface area contributed by atoms with Crippen molar-refractivity contribution in [3.05, 3.63) is 69.7 Å². The van der Waals surface area contributed by atoms with Crippen molar-refractivity contribution in [1.29, 1.82) is 0 Å². The summed E-state index contributed by atoms with van der Waals surface area (Å²) in [6, 6.07) is 14.1. The van der Waals surface area contributed by atoms with Gasteiger partial charge in [-0.3, -0.25) is 4.79 Å². The Labute approximate surface area is 132 Å². The van der Waals surface area contributed by atoms with E-state index in [1.54, 1.807) is 12.1 Å². The fourth-order valence-electron chi connectivity index (χ4n) is 1.78. The van der Waals surface area contributed by atoms with Gasteiger partial charge in [-0.2, -0.15) is 0 Å². The van der Waals surface area contributed by atoms with Crippen LogP contribution in [0.25, 0.3) is 0 Å². The van der Waals surface area contributed by atoms with Crippen molar-refractivity contribution in [2.45, 2.75) is 6.04 Å². The molecule has 0 bridgehead atoms. The van der Waals surface area contributed by atoms with E-state index in [1.807, 2.05) is 30.3 Å². The Hall–Kier alpha value is -1.22. The molecule has 1 atom stereocenters. The molecule has 20 heavy (non-hydrogen) atoms. The molecule has 0 heterocycles. The molecule has 0 aromatic heterocycles. The summed E-state index contributed by atoms with van der Waals surface area (Å²) in [6.45, 7) is 0. The summed E-state index contributed by atoms with van der Waals surface area (Å²) in [4.78, 5) is 12.2. The second-order valence-corrected chi connectivity index (χ2v) is 5.34. The number of amides is 1. The van der Waals surface area contributed by atoms with E-state index < -0.39 is 0 Å². The topological polar surface area (TPSA) is 29.1 Å². The second-order valence-electron chi connectivity index (χ2n) is 4.22. The Kier molecular flexibility index (Phi) is 5.30. The average molecular weight is 329 g/mol. The molecular formula is C15H12Cl3NO. The first-order chi connectivity index (χ1) is 9.61. The Morgan fingerprint density at radius 2 is 1.75 bits per heavy atom. The Bertz CT molecular complexity index is 601. The minimum absolute atomic E-state index is 0.238. The zero-order valence-electron chi connectivity index (χ0n) is 10.4. The molecule has 0 saturated heterocycles. The molecule has 5 heteroatoms. The molecule has 0 aliphatic heterocycles. The van der Waals surface area contributed by atoms with Gasteiger partial charge in [0.15, 0.2) is 0 Å². The van der Waals surface area contributed by atoms with Gasteiger partial charge in [0.1, 0.15) is 0 Å². The molecule has 1 amide bonds. The van der Waals surface area contributed by atoms with Gasteiger partial charge in [0.05, 0.1) is 16.1 Å². The first kappa shape index (κ1) is 15.2. The van der Waals surface area contributed by atoms with Gasteiger partial charge in [-0.1, -0.05) is 53.5 Å².